The lowest BCUT2D eigenvalue weighted by molar-refractivity contribution is -0.140. The van der Waals surface area contributed by atoms with E-state index in [1.807, 2.05) is 45.0 Å². The zero-order chi connectivity index (χ0) is 28.6. The van der Waals surface area contributed by atoms with Gasteiger partial charge in [-0.05, 0) is 61.2 Å². The Bertz CT molecular complexity index is 1380. The number of carbonyl (C=O) groups is 2. The number of aryl methyl sites for hydroxylation is 1. The van der Waals surface area contributed by atoms with E-state index < -0.39 is 28.5 Å². The number of hydrogen-bond donors (Lipinski definition) is 1. The molecular formula is C29H33Cl2N3O4S. The molecule has 0 aliphatic heterocycles. The van der Waals surface area contributed by atoms with E-state index in [1.165, 1.54) is 35.2 Å². The number of rotatable bonds is 12. The molecule has 0 fully saturated rings. The first-order valence-corrected chi connectivity index (χ1v) is 14.9. The van der Waals surface area contributed by atoms with E-state index in [0.29, 0.717) is 13.0 Å². The van der Waals surface area contributed by atoms with Gasteiger partial charge in [-0.2, -0.15) is 0 Å². The Morgan fingerprint density at radius 1 is 0.923 bits per heavy atom. The van der Waals surface area contributed by atoms with E-state index in [1.54, 1.807) is 18.2 Å². The van der Waals surface area contributed by atoms with Gasteiger partial charge < -0.3 is 10.2 Å². The summed E-state index contributed by atoms with van der Waals surface area (Å²) in [5, 5.41) is 3.32. The summed E-state index contributed by atoms with van der Waals surface area (Å²) in [5.41, 5.74) is 1.95. The quantitative estimate of drug-likeness (QED) is 0.288. The lowest BCUT2D eigenvalue weighted by atomic mass is 10.1. The molecule has 7 nitrogen and oxygen atoms in total. The molecule has 0 saturated carbocycles. The second-order valence-corrected chi connectivity index (χ2v) is 11.9. The van der Waals surface area contributed by atoms with Gasteiger partial charge in [0.15, 0.2) is 0 Å². The van der Waals surface area contributed by atoms with Crippen LogP contribution in [0.25, 0.3) is 0 Å². The summed E-state index contributed by atoms with van der Waals surface area (Å²) in [4.78, 5) is 28.6. The topological polar surface area (TPSA) is 86.8 Å². The molecule has 0 aliphatic rings. The van der Waals surface area contributed by atoms with Crippen molar-refractivity contribution >= 4 is 50.7 Å². The van der Waals surface area contributed by atoms with Crippen molar-refractivity contribution in [3.05, 3.63) is 94.0 Å². The summed E-state index contributed by atoms with van der Waals surface area (Å²) in [6.07, 6.45) is 1.09. The fraction of sp³-hybridized carbons (Fsp3) is 0.310. The maximum Gasteiger partial charge on any atom is 0.264 e. The predicted molar refractivity (Wildman–Crippen MR) is 157 cm³/mol. The van der Waals surface area contributed by atoms with Crippen LogP contribution in [0.4, 0.5) is 5.69 Å². The Morgan fingerprint density at radius 3 is 2.13 bits per heavy atom. The Labute approximate surface area is 240 Å². The SMILES string of the molecule is CCCNC(=O)C(CC)N(Cc1ccccc1C)C(=O)CN(c1cc(Cl)cc(Cl)c1)S(=O)(=O)c1ccccc1. The van der Waals surface area contributed by atoms with Crippen LogP contribution in [0.5, 0.6) is 0 Å². The molecule has 0 heterocycles. The molecule has 0 aromatic heterocycles. The van der Waals surface area contributed by atoms with Gasteiger partial charge in [0, 0.05) is 23.1 Å². The highest BCUT2D eigenvalue weighted by molar-refractivity contribution is 7.92. The molecule has 2 amide bonds. The Morgan fingerprint density at radius 2 is 1.54 bits per heavy atom. The molecule has 208 valence electrons. The fourth-order valence-electron chi connectivity index (χ4n) is 4.19. The van der Waals surface area contributed by atoms with Gasteiger partial charge in [-0.3, -0.25) is 13.9 Å². The minimum absolute atomic E-state index is 0.00656. The first-order valence-electron chi connectivity index (χ1n) is 12.7. The maximum atomic E-state index is 14.0. The molecule has 0 aliphatic carbocycles. The molecule has 3 rings (SSSR count). The van der Waals surface area contributed by atoms with Gasteiger partial charge in [0.1, 0.15) is 12.6 Å². The van der Waals surface area contributed by atoms with Crippen molar-refractivity contribution in [2.45, 2.75) is 51.1 Å². The van der Waals surface area contributed by atoms with Crippen LogP contribution in [0.15, 0.2) is 77.7 Å². The Hall–Kier alpha value is -3.07. The van der Waals surface area contributed by atoms with E-state index in [2.05, 4.69) is 5.32 Å². The molecular weight excluding hydrogens is 557 g/mol. The van der Waals surface area contributed by atoms with Crippen molar-refractivity contribution in [2.24, 2.45) is 0 Å². The zero-order valence-corrected chi connectivity index (χ0v) is 24.6. The first-order chi connectivity index (χ1) is 18.6. The number of amides is 2. The van der Waals surface area contributed by atoms with E-state index in [4.69, 9.17) is 23.2 Å². The van der Waals surface area contributed by atoms with E-state index in [0.717, 1.165) is 21.9 Å². The standard InChI is InChI=1S/C29H33Cl2N3O4S/c1-4-15-32-29(36)27(5-2)33(19-22-12-10-9-11-21(22)3)28(35)20-34(25-17-23(30)16-24(31)18-25)39(37,38)26-13-7-6-8-14-26/h6-14,16-18,27H,4-5,15,19-20H2,1-3H3,(H,32,36). The van der Waals surface area contributed by atoms with E-state index in [-0.39, 0.29) is 33.1 Å². The van der Waals surface area contributed by atoms with E-state index >= 15 is 0 Å². The molecule has 3 aromatic rings. The van der Waals surface area contributed by atoms with Gasteiger partial charge in [0.05, 0.1) is 10.6 Å². The summed E-state index contributed by atoms with van der Waals surface area (Å²) >= 11 is 12.4. The lowest BCUT2D eigenvalue weighted by Gasteiger charge is -2.33. The molecule has 1 atom stereocenters. The van der Waals surface area contributed by atoms with E-state index in [9.17, 15) is 18.0 Å². The molecule has 3 aromatic carbocycles. The van der Waals surface area contributed by atoms with Crippen LogP contribution in [-0.2, 0) is 26.2 Å². The number of halogens is 2. The third-order valence-corrected chi connectivity index (χ3v) is 8.51. The van der Waals surface area contributed by atoms with Crippen LogP contribution < -0.4 is 9.62 Å². The number of carbonyl (C=O) groups excluding carboxylic acids is 2. The highest BCUT2D eigenvalue weighted by Crippen LogP contribution is 2.30. The third-order valence-electron chi connectivity index (χ3n) is 6.28. The molecule has 0 saturated heterocycles. The maximum absolute atomic E-state index is 14.0. The minimum atomic E-state index is -4.20. The molecule has 39 heavy (non-hydrogen) atoms. The average molecular weight is 591 g/mol. The second kappa shape index (κ2) is 13.8. The summed E-state index contributed by atoms with van der Waals surface area (Å²) < 4.78 is 28.7. The van der Waals surface area contributed by atoms with Gasteiger partial charge in [0.2, 0.25) is 11.8 Å². The summed E-state index contributed by atoms with van der Waals surface area (Å²) in [6.45, 7) is 5.74. The summed E-state index contributed by atoms with van der Waals surface area (Å²) in [7, 11) is -4.20. The normalized spacial score (nSPS) is 12.0. The number of anilines is 1. The number of sulfonamides is 1. The molecule has 0 radical (unpaired) electrons. The van der Waals surface area contributed by atoms with Crippen molar-refractivity contribution in [3.63, 3.8) is 0 Å². The number of benzene rings is 3. The van der Waals surface area contributed by atoms with Gasteiger partial charge in [0.25, 0.3) is 10.0 Å². The average Bonchev–Trinajstić information content (AvgIpc) is 2.91. The van der Waals surface area contributed by atoms with Crippen molar-refractivity contribution in [1.82, 2.24) is 10.2 Å². The van der Waals surface area contributed by atoms with Crippen molar-refractivity contribution < 1.29 is 18.0 Å². The Balaban J connectivity index is 2.08. The number of hydrogen-bond acceptors (Lipinski definition) is 4. The van der Waals surface area contributed by atoms with Crippen molar-refractivity contribution in [3.8, 4) is 0 Å². The largest absolute Gasteiger partial charge is 0.354 e. The van der Waals surface area contributed by atoms with Crippen LogP contribution in [0, 0.1) is 6.92 Å². The molecule has 1 unspecified atom stereocenters. The van der Waals surface area contributed by atoms with Crippen LogP contribution in [-0.4, -0.2) is 44.3 Å². The van der Waals surface area contributed by atoms with Gasteiger partial charge >= 0.3 is 0 Å². The number of nitrogens with one attached hydrogen (secondary N) is 1. The zero-order valence-electron chi connectivity index (χ0n) is 22.2. The van der Waals surface area contributed by atoms with Crippen LogP contribution in [0.1, 0.15) is 37.8 Å². The first kappa shape index (κ1) is 30.5. The van der Waals surface area contributed by atoms with Crippen LogP contribution in [0.2, 0.25) is 10.0 Å². The third kappa shape index (κ3) is 7.75. The monoisotopic (exact) mass is 589 g/mol. The lowest BCUT2D eigenvalue weighted by Crippen LogP contribution is -2.52. The van der Waals surface area contributed by atoms with Crippen molar-refractivity contribution in [1.29, 1.82) is 0 Å². The minimum Gasteiger partial charge on any atom is -0.354 e. The summed E-state index contributed by atoms with van der Waals surface area (Å²) in [5.74, 6) is -0.822. The van der Waals surface area contributed by atoms with Crippen LogP contribution in [0.3, 0.4) is 0 Å². The van der Waals surface area contributed by atoms with Gasteiger partial charge in [-0.1, -0.05) is 79.5 Å². The Kier molecular flexibility index (Phi) is 10.8. The van der Waals surface area contributed by atoms with Crippen LogP contribution >= 0.6 is 23.2 Å². The molecule has 10 heteroatoms. The predicted octanol–water partition coefficient (Wildman–Crippen LogP) is 5.83. The molecule has 0 bridgehead atoms. The van der Waals surface area contributed by atoms with Gasteiger partial charge in [-0.15, -0.1) is 0 Å². The molecule has 1 N–H and O–H groups in total. The second-order valence-electron chi connectivity index (χ2n) is 9.12. The molecule has 0 spiro atoms. The number of nitrogens with zero attached hydrogens (tertiary/aromatic N) is 2. The van der Waals surface area contributed by atoms with Crippen molar-refractivity contribution in [2.75, 3.05) is 17.4 Å². The van der Waals surface area contributed by atoms with Gasteiger partial charge in [-0.25, -0.2) is 8.42 Å². The highest BCUT2D eigenvalue weighted by atomic mass is 35.5. The smallest absolute Gasteiger partial charge is 0.264 e. The highest BCUT2D eigenvalue weighted by Gasteiger charge is 2.34. The fourth-order valence-corrected chi connectivity index (χ4v) is 6.12. The summed E-state index contributed by atoms with van der Waals surface area (Å²) in [6, 6.07) is 19.0.